The maximum absolute atomic E-state index is 12.4. The molecule has 1 N–H and O–H groups in total. The summed E-state index contributed by atoms with van der Waals surface area (Å²) in [5, 5.41) is 7.51. The summed E-state index contributed by atoms with van der Waals surface area (Å²) in [7, 11) is 0. The molecule has 0 fully saturated rings. The lowest BCUT2D eigenvalue weighted by atomic mass is 10.1. The Morgan fingerprint density at radius 2 is 2.00 bits per heavy atom. The first-order valence-corrected chi connectivity index (χ1v) is 7.97. The highest BCUT2D eigenvalue weighted by molar-refractivity contribution is 5.95. The van der Waals surface area contributed by atoms with Crippen LogP contribution in [-0.2, 0) is 11.2 Å². The molecule has 0 radical (unpaired) electrons. The predicted octanol–water partition coefficient (Wildman–Crippen LogP) is 2.60. The van der Waals surface area contributed by atoms with Gasteiger partial charge in [0.1, 0.15) is 11.4 Å². The van der Waals surface area contributed by atoms with Crippen molar-refractivity contribution < 1.29 is 18.8 Å². The lowest BCUT2D eigenvalue weighted by molar-refractivity contribution is -0.115. The highest BCUT2D eigenvalue weighted by Crippen LogP contribution is 2.24. The van der Waals surface area contributed by atoms with Gasteiger partial charge in [0, 0.05) is 5.39 Å². The number of carbonyl (C=O) groups is 1. The van der Waals surface area contributed by atoms with Gasteiger partial charge in [0.15, 0.2) is 5.58 Å². The topological polar surface area (TPSA) is 99.4 Å². The fourth-order valence-corrected chi connectivity index (χ4v) is 2.29. The van der Waals surface area contributed by atoms with Gasteiger partial charge in [-0.1, -0.05) is 17.3 Å². The highest BCUT2D eigenvalue weighted by atomic mass is 16.5. The van der Waals surface area contributed by atoms with E-state index in [1.807, 2.05) is 32.0 Å². The van der Waals surface area contributed by atoms with E-state index in [9.17, 15) is 4.79 Å². The van der Waals surface area contributed by atoms with Crippen LogP contribution in [0.25, 0.3) is 11.0 Å². The quantitative estimate of drug-likeness (QED) is 0.704. The minimum Gasteiger partial charge on any atom is -0.476 e. The number of hydrogen-bond donors (Lipinski definition) is 1. The van der Waals surface area contributed by atoms with E-state index < -0.39 is 0 Å². The molecule has 0 atom stereocenters. The van der Waals surface area contributed by atoms with Crippen LogP contribution in [0.3, 0.4) is 0 Å². The van der Waals surface area contributed by atoms with E-state index in [1.165, 1.54) is 6.20 Å². The largest absolute Gasteiger partial charge is 0.476 e. The fraction of sp³-hybridized carbons (Fsp3) is 0.294. The second-order valence-electron chi connectivity index (χ2n) is 5.09. The Morgan fingerprint density at radius 1 is 1.20 bits per heavy atom. The Balaban J connectivity index is 1.76. The zero-order valence-electron chi connectivity index (χ0n) is 14.0. The molecule has 0 spiro atoms. The van der Waals surface area contributed by atoms with Crippen molar-refractivity contribution in [2.24, 2.45) is 0 Å². The molecule has 0 unspecified atom stereocenters. The SMILES string of the molecule is CCOc1ncc(NC(=O)Cc2noc3ccccc23)c(OCC)n1. The molecule has 0 bridgehead atoms. The average Bonchev–Trinajstić information content (AvgIpc) is 3.01. The van der Waals surface area contributed by atoms with Crippen LogP contribution < -0.4 is 14.8 Å². The number of nitrogens with zero attached hydrogens (tertiary/aromatic N) is 3. The molecule has 0 aliphatic heterocycles. The van der Waals surface area contributed by atoms with Gasteiger partial charge in [-0.05, 0) is 26.0 Å². The molecule has 2 aromatic heterocycles. The number of ether oxygens (including phenoxy) is 2. The van der Waals surface area contributed by atoms with Crippen molar-refractivity contribution in [3.63, 3.8) is 0 Å². The Kier molecular flexibility index (Phi) is 5.08. The van der Waals surface area contributed by atoms with E-state index in [4.69, 9.17) is 14.0 Å². The maximum atomic E-state index is 12.4. The van der Waals surface area contributed by atoms with Crippen LogP contribution in [0.1, 0.15) is 19.5 Å². The van der Waals surface area contributed by atoms with Crippen LogP contribution in [0.2, 0.25) is 0 Å². The molecular formula is C17H18N4O4. The summed E-state index contributed by atoms with van der Waals surface area (Å²) in [6.07, 6.45) is 1.53. The zero-order valence-corrected chi connectivity index (χ0v) is 14.0. The summed E-state index contributed by atoms with van der Waals surface area (Å²) in [5.74, 6) is -0.00734. The summed E-state index contributed by atoms with van der Waals surface area (Å²) in [6, 6.07) is 7.58. The predicted molar refractivity (Wildman–Crippen MR) is 90.7 cm³/mol. The number of para-hydroxylation sites is 1. The third-order valence-corrected chi connectivity index (χ3v) is 3.34. The molecule has 1 amide bonds. The monoisotopic (exact) mass is 342 g/mol. The molecule has 3 rings (SSSR count). The van der Waals surface area contributed by atoms with E-state index >= 15 is 0 Å². The average molecular weight is 342 g/mol. The standard InChI is InChI=1S/C17H18N4O4/c1-3-23-16-13(10-18-17(20-16)24-4-2)19-15(22)9-12-11-7-5-6-8-14(11)25-21-12/h5-8,10H,3-4,9H2,1-2H3,(H,19,22). The van der Waals surface area contributed by atoms with Gasteiger partial charge in [-0.15, -0.1) is 0 Å². The first-order valence-electron chi connectivity index (χ1n) is 7.97. The number of benzene rings is 1. The number of carbonyl (C=O) groups excluding carboxylic acids is 1. The minimum atomic E-state index is -0.271. The van der Waals surface area contributed by atoms with Crippen LogP contribution in [0, 0.1) is 0 Å². The summed E-state index contributed by atoms with van der Waals surface area (Å²) in [4.78, 5) is 20.6. The molecular weight excluding hydrogens is 324 g/mol. The second kappa shape index (κ2) is 7.61. The van der Waals surface area contributed by atoms with Gasteiger partial charge in [-0.2, -0.15) is 4.98 Å². The van der Waals surface area contributed by atoms with Gasteiger partial charge < -0.3 is 19.3 Å². The first-order chi connectivity index (χ1) is 12.2. The third kappa shape index (κ3) is 3.85. The van der Waals surface area contributed by atoms with Crippen molar-refractivity contribution >= 4 is 22.6 Å². The lowest BCUT2D eigenvalue weighted by Crippen LogP contribution is -2.16. The molecule has 0 aliphatic rings. The third-order valence-electron chi connectivity index (χ3n) is 3.34. The van der Waals surface area contributed by atoms with Crippen molar-refractivity contribution in [1.29, 1.82) is 0 Å². The Morgan fingerprint density at radius 3 is 2.80 bits per heavy atom. The molecule has 1 aromatic carbocycles. The molecule has 25 heavy (non-hydrogen) atoms. The van der Waals surface area contributed by atoms with Crippen molar-refractivity contribution in [3.05, 3.63) is 36.2 Å². The molecule has 8 nitrogen and oxygen atoms in total. The Bertz CT molecular complexity index is 878. The van der Waals surface area contributed by atoms with E-state index in [2.05, 4.69) is 20.4 Å². The molecule has 130 valence electrons. The maximum Gasteiger partial charge on any atom is 0.319 e. The molecule has 0 aliphatic carbocycles. The number of hydrogen-bond acceptors (Lipinski definition) is 7. The number of rotatable bonds is 7. The zero-order chi connectivity index (χ0) is 17.6. The minimum absolute atomic E-state index is 0.0653. The van der Waals surface area contributed by atoms with E-state index in [0.29, 0.717) is 30.2 Å². The van der Waals surface area contributed by atoms with Crippen molar-refractivity contribution in [2.45, 2.75) is 20.3 Å². The van der Waals surface area contributed by atoms with Crippen LogP contribution in [0.5, 0.6) is 11.9 Å². The Labute approximate surface area is 144 Å². The van der Waals surface area contributed by atoms with Crippen LogP contribution >= 0.6 is 0 Å². The van der Waals surface area contributed by atoms with Gasteiger partial charge in [-0.3, -0.25) is 4.79 Å². The van der Waals surface area contributed by atoms with Crippen molar-refractivity contribution in [1.82, 2.24) is 15.1 Å². The normalized spacial score (nSPS) is 10.6. The van der Waals surface area contributed by atoms with Gasteiger partial charge in [-0.25, -0.2) is 4.98 Å². The van der Waals surface area contributed by atoms with Crippen molar-refractivity contribution in [3.8, 4) is 11.9 Å². The molecule has 0 saturated carbocycles. The number of nitrogens with one attached hydrogen (secondary N) is 1. The van der Waals surface area contributed by atoms with Gasteiger partial charge in [0.2, 0.25) is 11.8 Å². The molecule has 2 heterocycles. The number of aromatic nitrogens is 3. The summed E-state index contributed by atoms with van der Waals surface area (Å²) in [5.41, 5.74) is 1.59. The highest BCUT2D eigenvalue weighted by Gasteiger charge is 2.15. The summed E-state index contributed by atoms with van der Waals surface area (Å²) < 4.78 is 15.9. The van der Waals surface area contributed by atoms with Crippen LogP contribution in [-0.4, -0.2) is 34.2 Å². The van der Waals surface area contributed by atoms with Gasteiger partial charge in [0.05, 0.1) is 25.8 Å². The second-order valence-corrected chi connectivity index (χ2v) is 5.09. The summed E-state index contributed by atoms with van der Waals surface area (Å²) in [6.45, 7) is 4.51. The van der Waals surface area contributed by atoms with Crippen molar-refractivity contribution in [2.75, 3.05) is 18.5 Å². The van der Waals surface area contributed by atoms with E-state index in [1.54, 1.807) is 6.07 Å². The fourth-order valence-electron chi connectivity index (χ4n) is 2.29. The molecule has 0 saturated heterocycles. The number of fused-ring (bicyclic) bond motifs is 1. The summed E-state index contributed by atoms with van der Waals surface area (Å²) >= 11 is 0. The lowest BCUT2D eigenvalue weighted by Gasteiger charge is -2.11. The van der Waals surface area contributed by atoms with Crippen LogP contribution in [0.15, 0.2) is 35.0 Å². The molecule has 3 aromatic rings. The number of anilines is 1. The van der Waals surface area contributed by atoms with E-state index in [0.717, 1.165) is 5.39 Å². The first kappa shape index (κ1) is 16.7. The Hall–Kier alpha value is -3.16. The number of amides is 1. The smallest absolute Gasteiger partial charge is 0.319 e. The van der Waals surface area contributed by atoms with Crippen LogP contribution in [0.4, 0.5) is 5.69 Å². The van der Waals surface area contributed by atoms with E-state index in [-0.39, 0.29) is 24.2 Å². The molecule has 8 heteroatoms. The van der Waals surface area contributed by atoms with Gasteiger partial charge in [0.25, 0.3) is 0 Å². The van der Waals surface area contributed by atoms with Gasteiger partial charge >= 0.3 is 6.01 Å².